The van der Waals surface area contributed by atoms with Crippen molar-refractivity contribution >= 4 is 76.1 Å². The zero-order valence-electron chi connectivity index (χ0n) is 25.6. The van der Waals surface area contributed by atoms with E-state index in [0.717, 1.165) is 65.6 Å². The second-order valence-electron chi connectivity index (χ2n) is 12.4. The van der Waals surface area contributed by atoms with Gasteiger partial charge in [-0.25, -0.2) is 4.98 Å². The first-order chi connectivity index (χ1) is 23.8. The summed E-state index contributed by atoms with van der Waals surface area (Å²) in [6, 6.07) is 50.7. The van der Waals surface area contributed by atoms with Gasteiger partial charge in [-0.05, 0) is 51.2 Å². The Morgan fingerprint density at radius 1 is 0.417 bits per heavy atom. The maximum atomic E-state index is 6.82. The van der Waals surface area contributed by atoms with Crippen LogP contribution in [0.5, 0.6) is 0 Å². The highest BCUT2D eigenvalue weighted by molar-refractivity contribution is 6.40. The van der Waals surface area contributed by atoms with Gasteiger partial charge in [0.1, 0.15) is 11.2 Å². The molecule has 0 spiro atoms. The van der Waals surface area contributed by atoms with Crippen molar-refractivity contribution in [2.24, 2.45) is 0 Å². The summed E-state index contributed by atoms with van der Waals surface area (Å²) < 4.78 is 9.03. The number of benzene rings is 7. The molecule has 5 nitrogen and oxygen atoms in total. The summed E-state index contributed by atoms with van der Waals surface area (Å²) in [4.78, 5) is 15.3. The molecule has 0 amide bonds. The zero-order valence-corrected chi connectivity index (χ0v) is 25.6. The van der Waals surface area contributed by atoms with Crippen LogP contribution in [0, 0.1) is 0 Å². The quantitative estimate of drug-likeness (QED) is 0.199. The van der Waals surface area contributed by atoms with E-state index in [1.54, 1.807) is 0 Å². The summed E-state index contributed by atoms with van der Waals surface area (Å²) >= 11 is 0. The summed E-state index contributed by atoms with van der Waals surface area (Å²) in [5.41, 5.74) is 5.72. The summed E-state index contributed by atoms with van der Waals surface area (Å²) in [7, 11) is 0. The number of rotatable bonds is 3. The molecule has 8 aromatic carbocycles. The first-order valence-electron chi connectivity index (χ1n) is 16.1. The van der Waals surface area contributed by atoms with Crippen LogP contribution in [0.1, 0.15) is 0 Å². The Bertz CT molecular complexity index is 2990. The van der Waals surface area contributed by atoms with Gasteiger partial charge in [0.25, 0.3) is 0 Å². The summed E-state index contributed by atoms with van der Waals surface area (Å²) in [5.74, 6) is 1.83. The molecular weight excluding hydrogens is 589 g/mol. The van der Waals surface area contributed by atoms with Gasteiger partial charge in [-0.15, -0.1) is 0 Å². The molecule has 11 aromatic rings. The number of nitrogens with zero attached hydrogens (tertiary/aromatic N) is 4. The van der Waals surface area contributed by atoms with E-state index in [0.29, 0.717) is 17.6 Å². The number of aromatic nitrogens is 4. The Morgan fingerprint density at radius 2 is 1.02 bits per heavy atom. The monoisotopic (exact) mass is 612 g/mol. The van der Waals surface area contributed by atoms with Crippen LogP contribution in [0.3, 0.4) is 0 Å². The molecule has 48 heavy (non-hydrogen) atoms. The molecule has 0 aliphatic carbocycles. The van der Waals surface area contributed by atoms with Crippen LogP contribution >= 0.6 is 0 Å². The van der Waals surface area contributed by atoms with E-state index in [9.17, 15) is 0 Å². The van der Waals surface area contributed by atoms with E-state index in [-0.39, 0.29) is 0 Å². The smallest absolute Gasteiger partial charge is 0.238 e. The Kier molecular flexibility index (Phi) is 5.05. The van der Waals surface area contributed by atoms with Crippen molar-refractivity contribution in [1.82, 2.24) is 19.5 Å². The van der Waals surface area contributed by atoms with Gasteiger partial charge in [-0.1, -0.05) is 121 Å². The minimum absolute atomic E-state index is 0.574. The van der Waals surface area contributed by atoms with E-state index in [1.807, 2.05) is 60.7 Å². The number of furan rings is 1. The van der Waals surface area contributed by atoms with E-state index in [1.165, 1.54) is 21.5 Å². The molecule has 222 valence electrons. The van der Waals surface area contributed by atoms with Gasteiger partial charge in [0, 0.05) is 38.1 Å². The molecule has 3 heterocycles. The first kappa shape index (κ1) is 25.6. The van der Waals surface area contributed by atoms with Gasteiger partial charge in [0.15, 0.2) is 11.6 Å². The average Bonchev–Trinajstić information content (AvgIpc) is 3.71. The van der Waals surface area contributed by atoms with Crippen LogP contribution in [0.2, 0.25) is 0 Å². The van der Waals surface area contributed by atoms with Crippen LogP contribution in [-0.4, -0.2) is 19.5 Å². The summed E-state index contributed by atoms with van der Waals surface area (Å²) in [6.07, 6.45) is 0. The molecule has 0 unspecified atom stereocenters. The molecule has 0 bridgehead atoms. The van der Waals surface area contributed by atoms with Crippen LogP contribution in [0.4, 0.5) is 0 Å². The highest BCUT2D eigenvalue weighted by Gasteiger charge is 2.25. The molecule has 0 saturated carbocycles. The molecule has 0 saturated heterocycles. The van der Waals surface area contributed by atoms with Gasteiger partial charge in [0.05, 0.1) is 11.0 Å². The minimum Gasteiger partial charge on any atom is -0.455 e. The maximum absolute atomic E-state index is 6.82. The van der Waals surface area contributed by atoms with Gasteiger partial charge in [-0.2, -0.15) is 9.97 Å². The second-order valence-corrected chi connectivity index (χ2v) is 12.4. The van der Waals surface area contributed by atoms with Crippen LogP contribution in [0.25, 0.3) is 105 Å². The molecule has 3 aromatic heterocycles. The molecule has 0 aliphatic heterocycles. The van der Waals surface area contributed by atoms with Crippen molar-refractivity contribution in [2.45, 2.75) is 0 Å². The van der Waals surface area contributed by atoms with Gasteiger partial charge in [-0.3, -0.25) is 4.57 Å². The van der Waals surface area contributed by atoms with Gasteiger partial charge in [0.2, 0.25) is 5.95 Å². The van der Waals surface area contributed by atoms with Gasteiger partial charge < -0.3 is 4.42 Å². The lowest BCUT2D eigenvalue weighted by Crippen LogP contribution is -2.06. The van der Waals surface area contributed by atoms with Crippen LogP contribution in [-0.2, 0) is 0 Å². The fourth-order valence-electron chi connectivity index (χ4n) is 7.75. The number of hydrogen-bond donors (Lipinski definition) is 0. The number of fused-ring (bicyclic) bond motifs is 5. The first-order valence-corrected chi connectivity index (χ1v) is 16.1. The highest BCUT2D eigenvalue weighted by atomic mass is 16.3. The highest BCUT2D eigenvalue weighted by Crippen LogP contribution is 2.48. The number of hydrogen-bond acceptors (Lipinski definition) is 4. The molecular formula is C43H24N4O. The van der Waals surface area contributed by atoms with Crippen molar-refractivity contribution in [2.75, 3.05) is 0 Å². The van der Waals surface area contributed by atoms with Crippen molar-refractivity contribution in [3.05, 3.63) is 146 Å². The maximum Gasteiger partial charge on any atom is 0.238 e. The van der Waals surface area contributed by atoms with Crippen molar-refractivity contribution in [3.63, 3.8) is 0 Å². The third-order valence-corrected chi connectivity index (χ3v) is 9.78. The molecule has 0 atom stereocenters. The Labute approximate surface area is 273 Å². The normalized spacial score (nSPS) is 12.2. The third kappa shape index (κ3) is 3.42. The molecule has 0 N–H and O–H groups in total. The molecule has 0 aliphatic rings. The predicted molar refractivity (Wildman–Crippen MR) is 196 cm³/mol. The summed E-state index contributed by atoms with van der Waals surface area (Å²) in [5, 5.41) is 11.6. The Balaban J connectivity index is 1.37. The van der Waals surface area contributed by atoms with Crippen LogP contribution in [0.15, 0.2) is 150 Å². The fraction of sp³-hybridized carbons (Fsp3) is 0. The predicted octanol–water partition coefficient (Wildman–Crippen LogP) is 11.1. The SMILES string of the molecule is c1ccc(-c2nc(-c3ccccc3)nc(-n3c4cccc5c6ccccc6c6cc7ccccc7c7oc8ccc3c(c8c67)c54)n2)cc1. The largest absolute Gasteiger partial charge is 0.455 e. The molecule has 11 rings (SSSR count). The molecule has 0 radical (unpaired) electrons. The standard InChI is InChI=1S/C43H24N4O/c1-3-12-25(13-4-1)41-44-42(26-14-5-2-6-15-26)46-43(45-41)47-33-21-11-20-31-29-18-9-10-19-30(29)32-24-27-16-7-8-17-28(27)40-37(32)39-35(48-40)23-22-34(47)38(39)36(31)33/h1-24H. The van der Waals surface area contributed by atoms with Crippen molar-refractivity contribution < 1.29 is 4.42 Å². The second kappa shape index (κ2) is 9.47. The zero-order chi connectivity index (χ0) is 31.3. The topological polar surface area (TPSA) is 56.7 Å². The lowest BCUT2D eigenvalue weighted by Gasteiger charge is -2.11. The summed E-state index contributed by atoms with van der Waals surface area (Å²) in [6.45, 7) is 0. The average molecular weight is 613 g/mol. The van der Waals surface area contributed by atoms with E-state index >= 15 is 0 Å². The van der Waals surface area contributed by atoms with E-state index < -0.39 is 0 Å². The molecule has 0 fully saturated rings. The lowest BCUT2D eigenvalue weighted by atomic mass is 9.93. The van der Waals surface area contributed by atoms with E-state index in [2.05, 4.69) is 89.5 Å². The molecule has 5 heteroatoms. The van der Waals surface area contributed by atoms with Gasteiger partial charge >= 0.3 is 0 Å². The van der Waals surface area contributed by atoms with Crippen molar-refractivity contribution in [3.8, 4) is 28.7 Å². The Hall–Kier alpha value is -6.59. The Morgan fingerprint density at radius 3 is 1.75 bits per heavy atom. The lowest BCUT2D eigenvalue weighted by molar-refractivity contribution is 0.673. The van der Waals surface area contributed by atoms with Crippen molar-refractivity contribution in [1.29, 1.82) is 0 Å². The van der Waals surface area contributed by atoms with E-state index in [4.69, 9.17) is 19.4 Å². The minimum atomic E-state index is 0.574. The fourth-order valence-corrected chi connectivity index (χ4v) is 7.75. The van der Waals surface area contributed by atoms with Crippen LogP contribution < -0.4 is 0 Å². The third-order valence-electron chi connectivity index (χ3n) is 9.78.